The Labute approximate surface area is 207 Å². The third-order valence-corrected chi connectivity index (χ3v) is 8.09. The van der Waals surface area contributed by atoms with E-state index in [0.717, 1.165) is 80.1 Å². The molecule has 3 aromatic rings. The fraction of sp³-hybridized carbons (Fsp3) is 0.560. The van der Waals surface area contributed by atoms with Gasteiger partial charge in [-0.25, -0.2) is 18.7 Å². The normalized spacial score (nSPS) is 20.8. The molecule has 0 aromatic carbocycles. The highest BCUT2D eigenvalue weighted by atomic mass is 32.1. The maximum Gasteiger partial charge on any atom is 0.273 e. The summed E-state index contributed by atoms with van der Waals surface area (Å²) in [5.74, 6) is 0.729. The molecule has 0 bridgehead atoms. The lowest BCUT2D eigenvalue weighted by Crippen LogP contribution is -2.39. The summed E-state index contributed by atoms with van der Waals surface area (Å²) in [6.45, 7) is 2.15. The lowest BCUT2D eigenvalue weighted by atomic mass is 9.84. The maximum absolute atomic E-state index is 12.6. The van der Waals surface area contributed by atoms with Crippen molar-refractivity contribution in [3.8, 4) is 5.19 Å². The van der Waals surface area contributed by atoms with Crippen LogP contribution in [0, 0.1) is 5.92 Å². The molecular weight excluding hydrogens is 472 g/mol. The molecule has 35 heavy (non-hydrogen) atoms. The van der Waals surface area contributed by atoms with Gasteiger partial charge in [-0.1, -0.05) is 17.4 Å². The largest absolute Gasteiger partial charge is 0.464 e. The standard InChI is InChI=1S/C25H31F2N5O2S/c26-22(27)16-34-25-30-20-15-31(12-9-21(20)35-25)11-8-17-4-6-18(7-5-17)29-24(33)13-19-14-28-23-3-1-2-10-32(19)23/h1-3,10,14,17-18,22H,4-9,11-13,15-16H2,(H,29,33)/t17-,18-. The van der Waals surface area contributed by atoms with Crippen LogP contribution in [-0.2, 0) is 24.2 Å². The number of alkyl halides is 2. The molecule has 1 N–H and O–H groups in total. The summed E-state index contributed by atoms with van der Waals surface area (Å²) in [4.78, 5) is 24.9. The van der Waals surface area contributed by atoms with E-state index in [0.29, 0.717) is 17.5 Å². The van der Waals surface area contributed by atoms with Crippen LogP contribution in [0.4, 0.5) is 8.78 Å². The number of thiazole rings is 1. The number of amides is 1. The second-order valence-electron chi connectivity index (χ2n) is 9.51. The lowest BCUT2D eigenvalue weighted by molar-refractivity contribution is -0.121. The summed E-state index contributed by atoms with van der Waals surface area (Å²) in [5.41, 5.74) is 2.74. The molecule has 188 valence electrons. The first-order valence-corrected chi connectivity index (χ1v) is 13.2. The van der Waals surface area contributed by atoms with Crippen molar-refractivity contribution >= 4 is 22.9 Å². The van der Waals surface area contributed by atoms with E-state index in [9.17, 15) is 13.6 Å². The van der Waals surface area contributed by atoms with Crippen molar-refractivity contribution in [2.24, 2.45) is 5.92 Å². The monoisotopic (exact) mass is 503 g/mol. The van der Waals surface area contributed by atoms with Crippen LogP contribution in [0.1, 0.15) is 48.4 Å². The fourth-order valence-corrected chi connectivity index (χ4v) is 6.05. The number of pyridine rings is 1. The Bertz CT molecular complexity index is 1140. The van der Waals surface area contributed by atoms with E-state index in [2.05, 4.69) is 20.2 Å². The van der Waals surface area contributed by atoms with E-state index in [-0.39, 0.29) is 11.9 Å². The van der Waals surface area contributed by atoms with Crippen LogP contribution in [0.2, 0.25) is 0 Å². The average molecular weight is 504 g/mol. The number of imidazole rings is 1. The van der Waals surface area contributed by atoms with Crippen molar-refractivity contribution in [3.63, 3.8) is 0 Å². The Hall–Kier alpha value is -2.59. The number of carbonyl (C=O) groups excluding carboxylic acids is 1. The topological polar surface area (TPSA) is 71.8 Å². The van der Waals surface area contributed by atoms with Gasteiger partial charge in [0, 0.05) is 36.4 Å². The molecule has 1 fully saturated rings. The van der Waals surface area contributed by atoms with Gasteiger partial charge in [0.05, 0.1) is 17.8 Å². The molecule has 0 spiro atoms. The zero-order chi connectivity index (χ0) is 24.2. The van der Waals surface area contributed by atoms with E-state index in [1.165, 1.54) is 11.3 Å². The van der Waals surface area contributed by atoms with Gasteiger partial charge in [-0.05, 0) is 63.1 Å². The first-order valence-electron chi connectivity index (χ1n) is 12.4. The first kappa shape index (κ1) is 24.1. The number of carbonyl (C=O) groups is 1. The number of nitrogens with one attached hydrogen (secondary N) is 1. The Morgan fingerprint density at radius 2 is 2.11 bits per heavy atom. The number of halogens is 2. The molecule has 4 heterocycles. The molecule has 1 amide bonds. The van der Waals surface area contributed by atoms with Crippen molar-refractivity contribution in [1.82, 2.24) is 24.6 Å². The fourth-order valence-electron chi connectivity index (χ4n) is 5.14. The molecule has 2 aliphatic rings. The third-order valence-electron chi connectivity index (χ3n) is 7.02. The van der Waals surface area contributed by atoms with Gasteiger partial charge in [0.25, 0.3) is 11.6 Å². The minimum Gasteiger partial charge on any atom is -0.464 e. The highest BCUT2D eigenvalue weighted by Crippen LogP contribution is 2.31. The number of nitrogens with zero attached hydrogens (tertiary/aromatic N) is 4. The molecule has 3 aromatic heterocycles. The molecule has 1 saturated carbocycles. The van der Waals surface area contributed by atoms with Crippen molar-refractivity contribution in [3.05, 3.63) is 46.9 Å². The molecule has 0 atom stereocenters. The SMILES string of the molecule is O=C(Cc1cnc2ccccn12)N[C@H]1CC[C@H](CCN2CCc3sc(OCC(F)F)nc3C2)CC1. The first-order chi connectivity index (χ1) is 17.0. The van der Waals surface area contributed by atoms with E-state index < -0.39 is 13.0 Å². The second kappa shape index (κ2) is 11.0. The number of aromatic nitrogens is 3. The van der Waals surface area contributed by atoms with Gasteiger partial charge in [-0.2, -0.15) is 0 Å². The minimum absolute atomic E-state index is 0.0587. The van der Waals surface area contributed by atoms with Crippen LogP contribution < -0.4 is 10.1 Å². The van der Waals surface area contributed by atoms with Gasteiger partial charge in [0.1, 0.15) is 5.65 Å². The molecular formula is C25H31F2N5O2S. The van der Waals surface area contributed by atoms with E-state index in [4.69, 9.17) is 4.74 Å². The Kier molecular flexibility index (Phi) is 7.57. The summed E-state index contributed by atoms with van der Waals surface area (Å²) >= 11 is 1.40. The molecule has 0 radical (unpaired) electrons. The Balaban J connectivity index is 1.02. The van der Waals surface area contributed by atoms with E-state index in [1.807, 2.05) is 28.8 Å². The zero-order valence-corrected chi connectivity index (χ0v) is 20.5. The average Bonchev–Trinajstić information content (AvgIpc) is 3.46. The summed E-state index contributed by atoms with van der Waals surface area (Å²) in [7, 11) is 0. The van der Waals surface area contributed by atoms with Crippen molar-refractivity contribution < 1.29 is 18.3 Å². The quantitative estimate of drug-likeness (QED) is 0.476. The van der Waals surface area contributed by atoms with Crippen molar-refractivity contribution in [2.45, 2.75) is 64.0 Å². The zero-order valence-electron chi connectivity index (χ0n) is 19.7. The van der Waals surface area contributed by atoms with Gasteiger partial charge in [-0.3, -0.25) is 9.69 Å². The Morgan fingerprint density at radius 1 is 1.26 bits per heavy atom. The predicted octanol–water partition coefficient (Wildman–Crippen LogP) is 4.10. The van der Waals surface area contributed by atoms with Crippen LogP contribution in [0.3, 0.4) is 0 Å². The van der Waals surface area contributed by atoms with Gasteiger partial charge < -0.3 is 14.5 Å². The van der Waals surface area contributed by atoms with Crippen LogP contribution >= 0.6 is 11.3 Å². The lowest BCUT2D eigenvalue weighted by Gasteiger charge is -2.32. The number of hydrogen-bond donors (Lipinski definition) is 1. The number of hydrogen-bond acceptors (Lipinski definition) is 6. The maximum atomic E-state index is 12.6. The molecule has 0 saturated heterocycles. The molecule has 5 rings (SSSR count). The van der Waals surface area contributed by atoms with Gasteiger partial charge >= 0.3 is 0 Å². The third kappa shape index (κ3) is 6.16. The van der Waals surface area contributed by atoms with Gasteiger partial charge in [-0.15, -0.1) is 0 Å². The van der Waals surface area contributed by atoms with Crippen LogP contribution in [0.5, 0.6) is 5.19 Å². The number of rotatable bonds is 9. The van der Waals surface area contributed by atoms with E-state index in [1.54, 1.807) is 6.20 Å². The van der Waals surface area contributed by atoms with Crippen LogP contribution in [0.25, 0.3) is 5.65 Å². The van der Waals surface area contributed by atoms with Gasteiger partial charge in [0.15, 0.2) is 6.61 Å². The Morgan fingerprint density at radius 3 is 2.94 bits per heavy atom. The highest BCUT2D eigenvalue weighted by molar-refractivity contribution is 7.13. The summed E-state index contributed by atoms with van der Waals surface area (Å²) in [5, 5.41) is 3.58. The number of fused-ring (bicyclic) bond motifs is 2. The van der Waals surface area contributed by atoms with Gasteiger partial charge in [0.2, 0.25) is 5.91 Å². The molecule has 1 aliphatic carbocycles. The van der Waals surface area contributed by atoms with Crippen LogP contribution in [-0.4, -0.2) is 57.3 Å². The smallest absolute Gasteiger partial charge is 0.273 e. The molecule has 0 unspecified atom stereocenters. The minimum atomic E-state index is -2.48. The second-order valence-corrected chi connectivity index (χ2v) is 10.6. The summed E-state index contributed by atoms with van der Waals surface area (Å²) in [6.07, 6.45) is 7.90. The van der Waals surface area contributed by atoms with E-state index >= 15 is 0 Å². The summed E-state index contributed by atoms with van der Waals surface area (Å²) < 4.78 is 31.8. The number of ether oxygens (including phenoxy) is 1. The van der Waals surface area contributed by atoms with Crippen molar-refractivity contribution in [2.75, 3.05) is 19.7 Å². The highest BCUT2D eigenvalue weighted by Gasteiger charge is 2.25. The summed E-state index contributed by atoms with van der Waals surface area (Å²) in [6, 6.07) is 6.07. The molecule has 1 aliphatic heterocycles. The van der Waals surface area contributed by atoms with Crippen molar-refractivity contribution in [1.29, 1.82) is 0 Å². The molecule has 10 heteroatoms. The molecule has 7 nitrogen and oxygen atoms in total. The predicted molar refractivity (Wildman–Crippen MR) is 130 cm³/mol. The van der Waals surface area contributed by atoms with Crippen LogP contribution in [0.15, 0.2) is 30.6 Å².